The summed E-state index contributed by atoms with van der Waals surface area (Å²) in [6.07, 6.45) is -7.28. The minimum absolute atomic E-state index is 0.354. The number of hydrogen-bond acceptors (Lipinski definition) is 7. The molecular weight excluding hydrogens is 304 g/mol. The van der Waals surface area contributed by atoms with E-state index in [-0.39, 0.29) is 0 Å². The monoisotopic (exact) mass is 326 g/mol. The van der Waals surface area contributed by atoms with Gasteiger partial charge in [0.2, 0.25) is 6.29 Å². The molecule has 0 aromatic heterocycles. The van der Waals surface area contributed by atoms with Crippen molar-refractivity contribution >= 4 is 5.97 Å². The van der Waals surface area contributed by atoms with Crippen LogP contribution in [0.5, 0.6) is 0 Å². The average Bonchev–Trinajstić information content (AvgIpc) is 2.46. The van der Waals surface area contributed by atoms with Crippen LogP contribution in [0.2, 0.25) is 0 Å². The summed E-state index contributed by atoms with van der Waals surface area (Å²) < 4.78 is 10.3. The van der Waals surface area contributed by atoms with Gasteiger partial charge in [0.1, 0.15) is 24.4 Å². The van der Waals surface area contributed by atoms with Gasteiger partial charge in [-0.1, -0.05) is 17.7 Å². The van der Waals surface area contributed by atoms with E-state index in [2.05, 4.69) is 0 Å². The van der Waals surface area contributed by atoms with Crippen molar-refractivity contribution in [3.63, 3.8) is 0 Å². The predicted octanol–water partition coefficient (Wildman–Crippen LogP) is -0.431. The summed E-state index contributed by atoms with van der Waals surface area (Å²) in [6.45, 7) is 4.86. The molecule has 1 fully saturated rings. The van der Waals surface area contributed by atoms with Gasteiger partial charge in [-0.05, 0) is 31.9 Å². The van der Waals surface area contributed by atoms with E-state index in [1.165, 1.54) is 0 Å². The third-order valence-corrected chi connectivity index (χ3v) is 3.95. The van der Waals surface area contributed by atoms with Crippen LogP contribution in [-0.2, 0) is 9.47 Å². The summed E-state index contributed by atoms with van der Waals surface area (Å²) in [6, 6.07) is 3.66. The van der Waals surface area contributed by atoms with E-state index in [1.807, 2.05) is 19.1 Å². The standard InChI is InChI=1S/C16H22O7/c1-7-4-8(2)11(9(3)5-7)15(21)23-16-14(20)13(19)12(18)10(6-17)22-16/h4-5,10,12-14,16-20H,6H2,1-3H3/t10-,12+,13+,14+,16-/m1/s1. The molecular formula is C16H22O7. The lowest BCUT2D eigenvalue weighted by atomic mass is 9.98. The molecule has 7 heteroatoms. The quantitative estimate of drug-likeness (QED) is 0.557. The molecule has 0 saturated carbocycles. The maximum atomic E-state index is 12.4. The zero-order valence-electron chi connectivity index (χ0n) is 13.3. The highest BCUT2D eigenvalue weighted by molar-refractivity contribution is 5.92. The van der Waals surface area contributed by atoms with E-state index in [4.69, 9.17) is 14.6 Å². The molecule has 0 aliphatic carbocycles. The Morgan fingerprint density at radius 2 is 1.65 bits per heavy atom. The van der Waals surface area contributed by atoms with Crippen LogP contribution < -0.4 is 0 Å². The minimum Gasteiger partial charge on any atom is -0.429 e. The van der Waals surface area contributed by atoms with Crippen molar-refractivity contribution in [2.75, 3.05) is 6.61 Å². The highest BCUT2D eigenvalue weighted by Crippen LogP contribution is 2.24. The molecule has 0 radical (unpaired) electrons. The fourth-order valence-electron chi connectivity index (χ4n) is 2.83. The van der Waals surface area contributed by atoms with Gasteiger partial charge in [-0.2, -0.15) is 0 Å². The normalized spacial score (nSPS) is 31.0. The van der Waals surface area contributed by atoms with Crippen LogP contribution in [0, 0.1) is 20.8 Å². The third kappa shape index (κ3) is 3.54. The Hall–Kier alpha value is -1.51. The number of ether oxygens (including phenoxy) is 2. The Labute approximate surface area is 134 Å². The molecule has 2 rings (SSSR count). The number of benzene rings is 1. The number of carbonyl (C=O) groups excluding carboxylic acids is 1. The van der Waals surface area contributed by atoms with E-state index in [0.29, 0.717) is 5.56 Å². The summed E-state index contributed by atoms with van der Waals surface area (Å²) >= 11 is 0. The van der Waals surface area contributed by atoms with Gasteiger partial charge >= 0.3 is 5.97 Å². The molecule has 4 N–H and O–H groups in total. The molecule has 1 aromatic carbocycles. The number of rotatable bonds is 3. The van der Waals surface area contributed by atoms with E-state index < -0.39 is 43.3 Å². The molecule has 1 saturated heterocycles. The number of esters is 1. The fourth-order valence-corrected chi connectivity index (χ4v) is 2.83. The van der Waals surface area contributed by atoms with E-state index >= 15 is 0 Å². The van der Waals surface area contributed by atoms with Gasteiger partial charge in [0.15, 0.2) is 0 Å². The van der Waals surface area contributed by atoms with Crippen LogP contribution in [-0.4, -0.2) is 63.7 Å². The largest absolute Gasteiger partial charge is 0.429 e. The van der Waals surface area contributed by atoms with Crippen molar-refractivity contribution in [2.24, 2.45) is 0 Å². The molecule has 1 aliphatic rings. The second-order valence-electron chi connectivity index (χ2n) is 5.88. The summed E-state index contributed by atoms with van der Waals surface area (Å²) in [5.74, 6) is -0.704. The average molecular weight is 326 g/mol. The van der Waals surface area contributed by atoms with Crippen molar-refractivity contribution in [2.45, 2.75) is 51.5 Å². The second kappa shape index (κ2) is 6.94. The highest BCUT2D eigenvalue weighted by Gasteiger charge is 2.45. The van der Waals surface area contributed by atoms with Gasteiger partial charge < -0.3 is 29.9 Å². The maximum Gasteiger partial charge on any atom is 0.341 e. The highest BCUT2D eigenvalue weighted by atomic mass is 16.7. The first kappa shape index (κ1) is 17.8. The minimum atomic E-state index is -1.61. The molecule has 0 unspecified atom stereocenters. The summed E-state index contributed by atoms with van der Waals surface area (Å²) in [5.41, 5.74) is 2.80. The topological polar surface area (TPSA) is 116 Å². The van der Waals surface area contributed by atoms with Gasteiger partial charge in [0.25, 0.3) is 0 Å². The van der Waals surface area contributed by atoms with Crippen molar-refractivity contribution in [1.82, 2.24) is 0 Å². The van der Waals surface area contributed by atoms with Crippen molar-refractivity contribution < 1.29 is 34.7 Å². The third-order valence-electron chi connectivity index (χ3n) is 3.95. The number of carbonyl (C=O) groups is 1. The Kier molecular flexibility index (Phi) is 5.38. The van der Waals surface area contributed by atoms with Crippen LogP contribution >= 0.6 is 0 Å². The Balaban J connectivity index is 2.20. The number of hydrogen-bond donors (Lipinski definition) is 4. The number of aliphatic hydroxyl groups excluding tert-OH is 4. The van der Waals surface area contributed by atoms with Crippen LogP contribution in [0.4, 0.5) is 0 Å². The zero-order chi connectivity index (χ0) is 17.3. The van der Waals surface area contributed by atoms with Crippen LogP contribution in [0.15, 0.2) is 12.1 Å². The number of aryl methyl sites for hydroxylation is 3. The van der Waals surface area contributed by atoms with E-state index in [0.717, 1.165) is 16.7 Å². The predicted molar refractivity (Wildman–Crippen MR) is 79.8 cm³/mol. The van der Waals surface area contributed by atoms with Crippen molar-refractivity contribution in [1.29, 1.82) is 0 Å². The lowest BCUT2D eigenvalue weighted by molar-refractivity contribution is -0.285. The zero-order valence-corrected chi connectivity index (χ0v) is 13.3. The molecule has 1 aliphatic heterocycles. The molecule has 0 bridgehead atoms. The molecule has 1 heterocycles. The van der Waals surface area contributed by atoms with Crippen LogP contribution in [0.1, 0.15) is 27.0 Å². The molecule has 0 amide bonds. The molecule has 23 heavy (non-hydrogen) atoms. The second-order valence-corrected chi connectivity index (χ2v) is 5.88. The van der Waals surface area contributed by atoms with Gasteiger partial charge in [-0.15, -0.1) is 0 Å². The van der Waals surface area contributed by atoms with Crippen molar-refractivity contribution in [3.05, 3.63) is 34.4 Å². The van der Waals surface area contributed by atoms with E-state index in [1.54, 1.807) is 13.8 Å². The van der Waals surface area contributed by atoms with E-state index in [9.17, 15) is 20.1 Å². The lowest BCUT2D eigenvalue weighted by Gasteiger charge is -2.39. The summed E-state index contributed by atoms with van der Waals surface area (Å²) in [7, 11) is 0. The summed E-state index contributed by atoms with van der Waals surface area (Å²) in [4.78, 5) is 12.4. The molecule has 0 spiro atoms. The molecule has 128 valence electrons. The maximum absolute atomic E-state index is 12.4. The molecule has 7 nitrogen and oxygen atoms in total. The fraction of sp³-hybridized carbons (Fsp3) is 0.562. The lowest BCUT2D eigenvalue weighted by Crippen LogP contribution is -2.59. The first-order valence-corrected chi connectivity index (χ1v) is 7.35. The Bertz CT molecular complexity index is 561. The van der Waals surface area contributed by atoms with Crippen LogP contribution in [0.25, 0.3) is 0 Å². The van der Waals surface area contributed by atoms with Crippen molar-refractivity contribution in [3.8, 4) is 0 Å². The van der Waals surface area contributed by atoms with Gasteiger partial charge in [0.05, 0.1) is 12.2 Å². The van der Waals surface area contributed by atoms with Gasteiger partial charge in [-0.25, -0.2) is 4.79 Å². The Morgan fingerprint density at radius 1 is 1.09 bits per heavy atom. The smallest absolute Gasteiger partial charge is 0.341 e. The SMILES string of the molecule is Cc1cc(C)c(C(=O)O[C@H]2O[C@H](CO)[C@H](O)[C@H](O)[C@@H]2O)c(C)c1. The summed E-state index contributed by atoms with van der Waals surface area (Å²) in [5, 5.41) is 38.5. The van der Waals surface area contributed by atoms with Crippen LogP contribution in [0.3, 0.4) is 0 Å². The molecule has 1 aromatic rings. The first-order chi connectivity index (χ1) is 10.8. The first-order valence-electron chi connectivity index (χ1n) is 7.35. The molecule has 5 atom stereocenters. The van der Waals surface area contributed by atoms with Gasteiger partial charge in [-0.3, -0.25) is 0 Å². The number of aliphatic hydroxyl groups is 4. The van der Waals surface area contributed by atoms with Gasteiger partial charge in [0, 0.05) is 0 Å². The Morgan fingerprint density at radius 3 is 2.17 bits per heavy atom.